The molecule has 2 atom stereocenters. The standard InChI is InChI=1S/C15H26N4O2/c1-11(2)15-16-6-8-18(15)7-5-14(21)19-9-12(17(3)4)13(20)10-19/h6,8,11-13,20H,5,7,9-10H2,1-4H3/t12-,13-/m1/s1. The maximum Gasteiger partial charge on any atom is 0.224 e. The fraction of sp³-hybridized carbons (Fsp3) is 0.733. The summed E-state index contributed by atoms with van der Waals surface area (Å²) in [6, 6.07) is 0.0356. The molecule has 2 rings (SSSR count). The largest absolute Gasteiger partial charge is 0.390 e. The lowest BCUT2D eigenvalue weighted by Crippen LogP contribution is -2.38. The van der Waals surface area contributed by atoms with Crippen molar-refractivity contribution >= 4 is 5.91 Å². The molecule has 1 saturated heterocycles. The van der Waals surface area contributed by atoms with Crippen molar-refractivity contribution in [3.63, 3.8) is 0 Å². The number of aromatic nitrogens is 2. The highest BCUT2D eigenvalue weighted by Gasteiger charge is 2.34. The minimum atomic E-state index is -0.455. The van der Waals surface area contributed by atoms with Crippen LogP contribution < -0.4 is 0 Å². The maximum atomic E-state index is 12.3. The van der Waals surface area contributed by atoms with E-state index in [1.807, 2.05) is 29.8 Å². The summed E-state index contributed by atoms with van der Waals surface area (Å²) in [5.41, 5.74) is 0. The zero-order chi connectivity index (χ0) is 15.6. The second-order valence-electron chi connectivity index (χ2n) is 6.28. The van der Waals surface area contributed by atoms with Crippen LogP contribution in [0.5, 0.6) is 0 Å². The number of carbonyl (C=O) groups is 1. The first-order valence-corrected chi connectivity index (χ1v) is 7.53. The second-order valence-corrected chi connectivity index (χ2v) is 6.28. The van der Waals surface area contributed by atoms with Gasteiger partial charge in [0.15, 0.2) is 0 Å². The minimum absolute atomic E-state index is 0.0356. The van der Waals surface area contributed by atoms with Crippen LogP contribution in [0.3, 0.4) is 0 Å². The summed E-state index contributed by atoms with van der Waals surface area (Å²) in [5.74, 6) is 1.46. The zero-order valence-corrected chi connectivity index (χ0v) is 13.4. The Bertz CT molecular complexity index is 484. The van der Waals surface area contributed by atoms with Gasteiger partial charge in [-0.2, -0.15) is 0 Å². The topological polar surface area (TPSA) is 61.6 Å². The molecule has 0 spiro atoms. The van der Waals surface area contributed by atoms with Crippen LogP contribution in [0, 0.1) is 0 Å². The molecule has 0 aliphatic carbocycles. The van der Waals surface area contributed by atoms with E-state index in [-0.39, 0.29) is 11.9 Å². The Kier molecular flexibility index (Phi) is 5.00. The van der Waals surface area contributed by atoms with Crippen LogP contribution in [-0.2, 0) is 11.3 Å². The third-order valence-electron chi connectivity index (χ3n) is 4.11. The number of likely N-dealkylation sites (N-methyl/N-ethyl adjacent to an activating group) is 1. The average Bonchev–Trinajstić information content (AvgIpc) is 3.01. The molecule has 0 aromatic carbocycles. The zero-order valence-electron chi connectivity index (χ0n) is 13.4. The van der Waals surface area contributed by atoms with Crippen LogP contribution in [0.4, 0.5) is 0 Å². The van der Waals surface area contributed by atoms with E-state index in [9.17, 15) is 9.90 Å². The van der Waals surface area contributed by atoms with Gasteiger partial charge in [0.1, 0.15) is 5.82 Å². The molecule has 1 fully saturated rings. The van der Waals surface area contributed by atoms with E-state index in [2.05, 4.69) is 18.8 Å². The highest BCUT2D eigenvalue weighted by atomic mass is 16.3. The number of carbonyl (C=O) groups excluding carboxylic acids is 1. The quantitative estimate of drug-likeness (QED) is 0.860. The minimum Gasteiger partial charge on any atom is -0.390 e. The van der Waals surface area contributed by atoms with Gasteiger partial charge in [-0.1, -0.05) is 13.8 Å². The predicted octanol–water partition coefficient (Wildman–Crippen LogP) is 0.530. The van der Waals surface area contributed by atoms with E-state index < -0.39 is 6.10 Å². The van der Waals surface area contributed by atoms with Gasteiger partial charge in [0, 0.05) is 44.4 Å². The first kappa shape index (κ1) is 16.0. The Balaban J connectivity index is 1.89. The number of hydrogen-bond donors (Lipinski definition) is 1. The third-order valence-corrected chi connectivity index (χ3v) is 4.11. The van der Waals surface area contributed by atoms with Crippen molar-refractivity contribution in [2.24, 2.45) is 0 Å². The smallest absolute Gasteiger partial charge is 0.224 e. The summed E-state index contributed by atoms with van der Waals surface area (Å²) in [6.07, 6.45) is 3.69. The summed E-state index contributed by atoms with van der Waals surface area (Å²) in [4.78, 5) is 20.4. The van der Waals surface area contributed by atoms with Gasteiger partial charge in [-0.25, -0.2) is 4.98 Å². The summed E-state index contributed by atoms with van der Waals surface area (Å²) in [7, 11) is 3.87. The SMILES string of the molecule is CC(C)c1nccn1CCC(=O)N1C[C@@H](O)[C@H](N(C)C)C1. The molecule has 1 amide bonds. The Morgan fingerprint density at radius 1 is 1.48 bits per heavy atom. The van der Waals surface area contributed by atoms with Crippen LogP contribution in [0.1, 0.15) is 32.0 Å². The number of aliphatic hydroxyl groups excluding tert-OH is 1. The Hall–Kier alpha value is -1.40. The molecule has 0 saturated carbocycles. The van der Waals surface area contributed by atoms with Crippen molar-refractivity contribution in [3.05, 3.63) is 18.2 Å². The van der Waals surface area contributed by atoms with Gasteiger partial charge in [-0.05, 0) is 14.1 Å². The van der Waals surface area contributed by atoms with Gasteiger partial charge in [0.05, 0.1) is 12.1 Å². The van der Waals surface area contributed by atoms with Crippen molar-refractivity contribution in [3.8, 4) is 0 Å². The summed E-state index contributed by atoms with van der Waals surface area (Å²) >= 11 is 0. The molecule has 6 heteroatoms. The van der Waals surface area contributed by atoms with E-state index in [4.69, 9.17) is 0 Å². The van der Waals surface area contributed by atoms with E-state index in [0.29, 0.717) is 32.0 Å². The van der Waals surface area contributed by atoms with Crippen molar-refractivity contribution in [1.82, 2.24) is 19.4 Å². The molecule has 1 aliphatic heterocycles. The van der Waals surface area contributed by atoms with Crippen molar-refractivity contribution in [1.29, 1.82) is 0 Å². The molecule has 1 aromatic rings. The van der Waals surface area contributed by atoms with Crippen molar-refractivity contribution in [2.75, 3.05) is 27.2 Å². The van der Waals surface area contributed by atoms with E-state index >= 15 is 0 Å². The number of β-amino-alcohol motifs (C(OH)–C–C–N with tert-alkyl or cyclic N) is 1. The van der Waals surface area contributed by atoms with E-state index in [1.165, 1.54) is 0 Å². The van der Waals surface area contributed by atoms with Crippen LogP contribution in [0.15, 0.2) is 12.4 Å². The molecule has 0 bridgehead atoms. The number of imidazole rings is 1. The van der Waals surface area contributed by atoms with Gasteiger partial charge in [0.25, 0.3) is 0 Å². The summed E-state index contributed by atoms with van der Waals surface area (Å²) < 4.78 is 2.04. The fourth-order valence-electron chi connectivity index (χ4n) is 2.87. The molecule has 2 heterocycles. The molecule has 0 unspecified atom stereocenters. The first-order chi connectivity index (χ1) is 9.90. The summed E-state index contributed by atoms with van der Waals surface area (Å²) in [5, 5.41) is 10.00. The van der Waals surface area contributed by atoms with Crippen LogP contribution in [0.25, 0.3) is 0 Å². The van der Waals surface area contributed by atoms with Crippen LogP contribution in [0.2, 0.25) is 0 Å². The number of aryl methyl sites for hydroxylation is 1. The molecular weight excluding hydrogens is 268 g/mol. The van der Waals surface area contributed by atoms with E-state index in [1.54, 1.807) is 11.1 Å². The van der Waals surface area contributed by atoms with Crippen LogP contribution in [-0.4, -0.2) is 69.7 Å². The summed E-state index contributed by atoms with van der Waals surface area (Å²) in [6.45, 7) is 5.88. The molecule has 1 aliphatic rings. The molecule has 0 radical (unpaired) electrons. The number of aliphatic hydroxyl groups is 1. The fourth-order valence-corrected chi connectivity index (χ4v) is 2.87. The van der Waals surface area contributed by atoms with Gasteiger partial charge < -0.3 is 19.5 Å². The highest BCUT2D eigenvalue weighted by Crippen LogP contribution is 2.16. The highest BCUT2D eigenvalue weighted by molar-refractivity contribution is 5.76. The number of rotatable bonds is 5. The molecule has 6 nitrogen and oxygen atoms in total. The normalized spacial score (nSPS) is 22.5. The average molecular weight is 294 g/mol. The van der Waals surface area contributed by atoms with Gasteiger partial charge in [0.2, 0.25) is 5.91 Å². The first-order valence-electron chi connectivity index (χ1n) is 7.53. The van der Waals surface area contributed by atoms with E-state index in [0.717, 1.165) is 5.82 Å². The van der Waals surface area contributed by atoms with Crippen LogP contribution >= 0.6 is 0 Å². The Labute approximate surface area is 126 Å². The number of hydrogen-bond acceptors (Lipinski definition) is 4. The van der Waals surface area contributed by atoms with Gasteiger partial charge in [-0.3, -0.25) is 4.79 Å². The Morgan fingerprint density at radius 3 is 2.76 bits per heavy atom. The number of amides is 1. The van der Waals surface area contributed by atoms with Crippen molar-refractivity contribution in [2.45, 2.75) is 44.9 Å². The predicted molar refractivity (Wildman–Crippen MR) is 81.0 cm³/mol. The molecule has 1 aromatic heterocycles. The lowest BCUT2D eigenvalue weighted by molar-refractivity contribution is -0.130. The van der Waals surface area contributed by atoms with Gasteiger partial charge in [-0.15, -0.1) is 0 Å². The third kappa shape index (κ3) is 3.63. The maximum absolute atomic E-state index is 12.3. The number of likely N-dealkylation sites (tertiary alicyclic amines) is 1. The molecular formula is C15H26N4O2. The molecule has 21 heavy (non-hydrogen) atoms. The lowest BCUT2D eigenvalue weighted by Gasteiger charge is -2.21. The van der Waals surface area contributed by atoms with Crippen molar-refractivity contribution < 1.29 is 9.90 Å². The molecule has 1 N–H and O–H groups in total. The lowest BCUT2D eigenvalue weighted by atomic mass is 10.2. The Morgan fingerprint density at radius 2 is 2.19 bits per heavy atom. The number of nitrogens with zero attached hydrogens (tertiary/aromatic N) is 4. The second kappa shape index (κ2) is 6.58. The van der Waals surface area contributed by atoms with Gasteiger partial charge >= 0.3 is 0 Å². The molecule has 118 valence electrons. The monoisotopic (exact) mass is 294 g/mol.